The summed E-state index contributed by atoms with van der Waals surface area (Å²) in [6.07, 6.45) is -0.729. The van der Waals surface area contributed by atoms with Gasteiger partial charge in [-0.1, -0.05) is 79.7 Å². The maximum absolute atomic E-state index is 11.6. The molecule has 6 heteroatoms. The maximum Gasteiger partial charge on any atom is 0.345 e. The Morgan fingerprint density at radius 1 is 0.909 bits per heavy atom. The number of hydrogen-bond acceptors (Lipinski definition) is 5. The Hall–Kier alpha value is -4.06. The van der Waals surface area contributed by atoms with E-state index in [0.717, 1.165) is 16.8 Å². The number of carbonyl (C=O) groups is 1. The topological polar surface area (TPSA) is 81.8 Å². The molecule has 0 aliphatic rings. The van der Waals surface area contributed by atoms with Crippen LogP contribution in [-0.2, 0) is 17.8 Å². The molecule has 0 radical (unpaired) electrons. The number of nitrogens with zero attached hydrogens (tertiary/aromatic N) is 1. The lowest BCUT2D eigenvalue weighted by molar-refractivity contribution is -0.145. The third-order valence-electron chi connectivity index (χ3n) is 4.65. The molecule has 0 saturated carbocycles. The van der Waals surface area contributed by atoms with Gasteiger partial charge in [0, 0.05) is 18.1 Å². The molecular formula is C27H27NO5. The number of benzene rings is 3. The number of aromatic nitrogens is 1. The fourth-order valence-electron chi connectivity index (χ4n) is 3.06. The molecule has 1 aromatic heterocycles. The Balaban J connectivity index is 0.00000149. The van der Waals surface area contributed by atoms with Gasteiger partial charge in [-0.05, 0) is 29.8 Å². The predicted octanol–water partition coefficient (Wildman–Crippen LogP) is 6.02. The van der Waals surface area contributed by atoms with Crippen LogP contribution in [-0.4, -0.2) is 22.3 Å². The molecule has 0 aliphatic carbocycles. The molecule has 0 spiro atoms. The van der Waals surface area contributed by atoms with E-state index in [1.54, 1.807) is 36.4 Å². The van der Waals surface area contributed by atoms with E-state index >= 15 is 0 Å². The second-order valence-corrected chi connectivity index (χ2v) is 6.94. The first-order valence-electron chi connectivity index (χ1n) is 10.8. The highest BCUT2D eigenvalue weighted by Crippen LogP contribution is 2.21. The van der Waals surface area contributed by atoms with Gasteiger partial charge in [-0.2, -0.15) is 0 Å². The average molecular weight is 446 g/mol. The number of ether oxygens (including phenoxy) is 2. The monoisotopic (exact) mass is 445 g/mol. The van der Waals surface area contributed by atoms with Crippen LogP contribution in [0.1, 0.15) is 25.2 Å². The van der Waals surface area contributed by atoms with Gasteiger partial charge < -0.3 is 19.1 Å². The van der Waals surface area contributed by atoms with Gasteiger partial charge in [0.15, 0.2) is 11.9 Å². The summed E-state index contributed by atoms with van der Waals surface area (Å²) in [4.78, 5) is 11.6. The van der Waals surface area contributed by atoms with Crippen LogP contribution < -0.4 is 9.47 Å². The lowest BCUT2D eigenvalue weighted by atomic mass is 10.1. The fraction of sp³-hybridized carbons (Fsp3) is 0.185. The quantitative estimate of drug-likeness (QED) is 0.339. The molecule has 1 heterocycles. The molecule has 0 bridgehead atoms. The summed E-state index contributed by atoms with van der Waals surface area (Å²) in [5.41, 5.74) is 2.57. The normalized spacial score (nSPS) is 11.1. The maximum atomic E-state index is 11.6. The first-order valence-corrected chi connectivity index (χ1v) is 10.8. The van der Waals surface area contributed by atoms with Gasteiger partial charge in [-0.25, -0.2) is 4.79 Å². The summed E-state index contributed by atoms with van der Waals surface area (Å²) in [7, 11) is 0. The molecule has 4 aromatic rings. The lowest BCUT2D eigenvalue weighted by Crippen LogP contribution is -2.29. The number of carboxylic acids is 1. The van der Waals surface area contributed by atoms with Crippen LogP contribution >= 0.6 is 0 Å². The standard InChI is InChI=1S/C25H21NO5.C2H6/c27-25(28)24(30-21-9-5-2-6-10-21)15-18-11-13-20(14-12-18)29-17-22-16-23(26-31-22)19-7-3-1-4-8-19;1-2/h1-14,16,24H,15,17H2,(H,27,28);1-2H3. The summed E-state index contributed by atoms with van der Waals surface area (Å²) in [6, 6.07) is 27.8. The van der Waals surface area contributed by atoms with Gasteiger partial charge in [0.1, 0.15) is 23.8 Å². The molecule has 33 heavy (non-hydrogen) atoms. The van der Waals surface area contributed by atoms with Crippen molar-refractivity contribution in [2.75, 3.05) is 0 Å². The molecule has 1 N–H and O–H groups in total. The minimum atomic E-state index is -1.01. The first-order chi connectivity index (χ1) is 16.2. The van der Waals surface area contributed by atoms with Crippen molar-refractivity contribution in [1.82, 2.24) is 5.16 Å². The van der Waals surface area contributed by atoms with Crippen molar-refractivity contribution in [2.45, 2.75) is 33.0 Å². The van der Waals surface area contributed by atoms with E-state index in [0.29, 0.717) is 17.3 Å². The first kappa shape index (κ1) is 23.6. The molecule has 0 amide bonds. The summed E-state index contributed by atoms with van der Waals surface area (Å²) >= 11 is 0. The number of hydrogen-bond donors (Lipinski definition) is 1. The Kier molecular flexibility index (Phi) is 8.65. The van der Waals surface area contributed by atoms with E-state index in [1.165, 1.54) is 0 Å². The number of rotatable bonds is 9. The minimum absolute atomic E-state index is 0.243. The average Bonchev–Trinajstić information content (AvgIpc) is 3.35. The molecule has 1 atom stereocenters. The van der Waals surface area contributed by atoms with Gasteiger partial charge >= 0.3 is 5.97 Å². The Labute approximate surface area is 193 Å². The van der Waals surface area contributed by atoms with E-state index in [1.807, 2.05) is 68.4 Å². The fourth-order valence-corrected chi connectivity index (χ4v) is 3.06. The van der Waals surface area contributed by atoms with E-state index in [4.69, 9.17) is 14.0 Å². The van der Waals surface area contributed by atoms with E-state index < -0.39 is 12.1 Å². The molecule has 6 nitrogen and oxygen atoms in total. The van der Waals surface area contributed by atoms with Gasteiger partial charge in [-0.15, -0.1) is 0 Å². The highest BCUT2D eigenvalue weighted by atomic mass is 16.5. The van der Waals surface area contributed by atoms with Crippen LogP contribution in [0.15, 0.2) is 95.5 Å². The van der Waals surface area contributed by atoms with Crippen molar-refractivity contribution < 1.29 is 23.9 Å². The van der Waals surface area contributed by atoms with Crippen molar-refractivity contribution >= 4 is 5.97 Å². The molecule has 0 fully saturated rings. The van der Waals surface area contributed by atoms with Crippen molar-refractivity contribution in [3.63, 3.8) is 0 Å². The highest BCUT2D eigenvalue weighted by Gasteiger charge is 2.20. The lowest BCUT2D eigenvalue weighted by Gasteiger charge is -2.15. The molecule has 0 aliphatic heterocycles. The highest BCUT2D eigenvalue weighted by molar-refractivity contribution is 5.73. The second-order valence-electron chi connectivity index (χ2n) is 6.94. The van der Waals surface area contributed by atoms with Crippen LogP contribution in [0.2, 0.25) is 0 Å². The van der Waals surface area contributed by atoms with Crippen LogP contribution in [0.25, 0.3) is 11.3 Å². The summed E-state index contributed by atoms with van der Waals surface area (Å²) in [5.74, 6) is 0.780. The zero-order valence-electron chi connectivity index (χ0n) is 18.7. The minimum Gasteiger partial charge on any atom is -0.486 e. The Morgan fingerprint density at radius 3 is 2.18 bits per heavy atom. The molecule has 170 valence electrons. The predicted molar refractivity (Wildman–Crippen MR) is 126 cm³/mol. The van der Waals surface area contributed by atoms with Gasteiger partial charge in [-0.3, -0.25) is 0 Å². The molecule has 3 aromatic carbocycles. The van der Waals surface area contributed by atoms with Crippen molar-refractivity contribution in [3.05, 3.63) is 102 Å². The van der Waals surface area contributed by atoms with Crippen molar-refractivity contribution in [2.24, 2.45) is 0 Å². The zero-order chi connectivity index (χ0) is 23.5. The number of para-hydroxylation sites is 1. The largest absolute Gasteiger partial charge is 0.486 e. The summed E-state index contributed by atoms with van der Waals surface area (Å²) in [6.45, 7) is 4.24. The Morgan fingerprint density at radius 2 is 1.55 bits per heavy atom. The molecule has 4 rings (SSSR count). The smallest absolute Gasteiger partial charge is 0.345 e. The van der Waals surface area contributed by atoms with E-state index in [-0.39, 0.29) is 13.0 Å². The summed E-state index contributed by atoms with van der Waals surface area (Å²) < 4.78 is 16.7. The van der Waals surface area contributed by atoms with Crippen molar-refractivity contribution in [1.29, 1.82) is 0 Å². The molecular weight excluding hydrogens is 418 g/mol. The second kappa shape index (κ2) is 12.1. The third-order valence-corrected chi connectivity index (χ3v) is 4.65. The molecule has 1 unspecified atom stereocenters. The van der Waals surface area contributed by atoms with Crippen LogP contribution in [0, 0.1) is 0 Å². The van der Waals surface area contributed by atoms with Gasteiger partial charge in [0.05, 0.1) is 0 Å². The van der Waals surface area contributed by atoms with Crippen LogP contribution in [0.4, 0.5) is 0 Å². The zero-order valence-corrected chi connectivity index (χ0v) is 18.7. The summed E-state index contributed by atoms with van der Waals surface area (Å²) in [5, 5.41) is 13.6. The Bertz CT molecular complexity index is 1110. The van der Waals surface area contributed by atoms with Gasteiger partial charge in [0.2, 0.25) is 0 Å². The van der Waals surface area contributed by atoms with Crippen molar-refractivity contribution in [3.8, 4) is 22.8 Å². The van der Waals surface area contributed by atoms with E-state index in [9.17, 15) is 9.90 Å². The third kappa shape index (κ3) is 6.97. The number of carboxylic acid groups (broad SMARTS) is 1. The SMILES string of the molecule is CC.O=C(O)C(Cc1ccc(OCc2cc(-c3ccccc3)no2)cc1)Oc1ccccc1. The van der Waals surface area contributed by atoms with E-state index in [2.05, 4.69) is 5.16 Å². The molecule has 0 saturated heterocycles. The number of aliphatic carboxylic acids is 1. The van der Waals surface area contributed by atoms with Crippen LogP contribution in [0.5, 0.6) is 11.5 Å². The van der Waals surface area contributed by atoms with Crippen LogP contribution in [0.3, 0.4) is 0 Å². The van der Waals surface area contributed by atoms with Gasteiger partial charge in [0.25, 0.3) is 0 Å².